The molecule has 0 aliphatic heterocycles. The molecule has 0 aliphatic carbocycles. The van der Waals surface area contributed by atoms with Crippen molar-refractivity contribution < 1.29 is 38.6 Å². The van der Waals surface area contributed by atoms with Gasteiger partial charge in [0, 0.05) is 6.42 Å². The van der Waals surface area contributed by atoms with Crippen molar-refractivity contribution in [2.24, 2.45) is 17.4 Å². The van der Waals surface area contributed by atoms with Gasteiger partial charge in [-0.05, 0) is 65.8 Å². The number of hydrogen-bond acceptors (Lipinski definition) is 8. The Kier molecular flexibility index (Phi) is 15.7. The van der Waals surface area contributed by atoms with Gasteiger partial charge in [0.1, 0.15) is 29.8 Å². The minimum Gasteiger partial charge on any atom is -0.480 e. The molecule has 14 nitrogen and oxygen atoms in total. The second-order valence-corrected chi connectivity index (χ2v) is 10.5. The molecule has 0 aromatic rings. The fourth-order valence-corrected chi connectivity index (χ4v) is 3.38. The number of unbranched alkanes of at least 4 members (excludes halogenated alkanes) is 1. The molecule has 0 unspecified atom stereocenters. The molecule has 39 heavy (non-hydrogen) atoms. The van der Waals surface area contributed by atoms with Crippen LogP contribution in [0.25, 0.3) is 0 Å². The summed E-state index contributed by atoms with van der Waals surface area (Å²) in [5.74, 6) is -4.48. The van der Waals surface area contributed by atoms with E-state index in [9.17, 15) is 33.9 Å². The zero-order valence-corrected chi connectivity index (χ0v) is 23.8. The molecule has 0 bridgehead atoms. The van der Waals surface area contributed by atoms with Crippen LogP contribution in [-0.4, -0.2) is 77.1 Å². The van der Waals surface area contributed by atoms with E-state index in [1.165, 1.54) is 6.92 Å². The minimum absolute atomic E-state index is 0.128. The minimum atomic E-state index is -1.29. The summed E-state index contributed by atoms with van der Waals surface area (Å²) >= 11 is 0. The van der Waals surface area contributed by atoms with Crippen molar-refractivity contribution in [1.29, 1.82) is 0 Å². The highest BCUT2D eigenvalue weighted by Crippen LogP contribution is 2.12. The number of alkyl carbamates (subject to hydrolysis) is 1. The number of ether oxygens (including phenoxy) is 1. The van der Waals surface area contributed by atoms with Crippen LogP contribution in [0.2, 0.25) is 0 Å². The smallest absolute Gasteiger partial charge is 0.408 e. The maximum Gasteiger partial charge on any atom is 0.408 e. The molecule has 0 aliphatic rings. The number of nitrogens with two attached hydrogens (primary N) is 2. The molecule has 0 saturated heterocycles. The normalized spacial score (nSPS) is 15.1. The number of carboxylic acids is 1. The zero-order valence-electron chi connectivity index (χ0n) is 23.8. The van der Waals surface area contributed by atoms with Crippen molar-refractivity contribution in [2.75, 3.05) is 6.54 Å². The number of rotatable bonds is 17. The van der Waals surface area contributed by atoms with E-state index in [1.807, 2.05) is 6.92 Å². The fourth-order valence-electron chi connectivity index (χ4n) is 3.38. The monoisotopic (exact) mass is 558 g/mol. The van der Waals surface area contributed by atoms with E-state index in [-0.39, 0.29) is 25.2 Å². The van der Waals surface area contributed by atoms with Gasteiger partial charge in [-0.2, -0.15) is 0 Å². The van der Waals surface area contributed by atoms with E-state index in [0.29, 0.717) is 25.8 Å². The molecule has 5 amide bonds. The van der Waals surface area contributed by atoms with Gasteiger partial charge in [0.25, 0.3) is 0 Å². The van der Waals surface area contributed by atoms with Crippen LogP contribution >= 0.6 is 0 Å². The van der Waals surface area contributed by atoms with Crippen LogP contribution in [-0.2, 0) is 28.7 Å². The van der Waals surface area contributed by atoms with E-state index >= 15 is 0 Å². The molecular formula is C25H46N6O8. The molecule has 0 rings (SSSR count). The predicted octanol–water partition coefficient (Wildman–Crippen LogP) is -0.121. The topological polar surface area (TPSA) is 232 Å². The van der Waals surface area contributed by atoms with Crippen LogP contribution < -0.4 is 32.7 Å². The van der Waals surface area contributed by atoms with E-state index in [1.54, 1.807) is 27.7 Å². The van der Waals surface area contributed by atoms with Crippen LogP contribution in [0.15, 0.2) is 0 Å². The molecule has 0 saturated carbocycles. The molecule has 5 atom stereocenters. The number of aliphatic carboxylic acids is 1. The van der Waals surface area contributed by atoms with Gasteiger partial charge in [0.2, 0.25) is 23.6 Å². The molecule has 0 aromatic carbocycles. The second-order valence-electron chi connectivity index (χ2n) is 10.5. The summed E-state index contributed by atoms with van der Waals surface area (Å²) in [7, 11) is 0. The average molecular weight is 559 g/mol. The van der Waals surface area contributed by atoms with Crippen LogP contribution in [0.5, 0.6) is 0 Å². The van der Waals surface area contributed by atoms with Gasteiger partial charge in [-0.15, -0.1) is 0 Å². The lowest BCUT2D eigenvalue weighted by Gasteiger charge is -2.27. The predicted molar refractivity (Wildman–Crippen MR) is 143 cm³/mol. The summed E-state index contributed by atoms with van der Waals surface area (Å²) in [5.41, 5.74) is 9.84. The largest absolute Gasteiger partial charge is 0.480 e. The van der Waals surface area contributed by atoms with Gasteiger partial charge in [-0.3, -0.25) is 19.2 Å². The van der Waals surface area contributed by atoms with E-state index in [2.05, 4.69) is 21.3 Å². The lowest BCUT2D eigenvalue weighted by Crippen LogP contribution is -2.58. The first kappa shape index (κ1) is 35.6. The van der Waals surface area contributed by atoms with E-state index < -0.39 is 65.5 Å². The summed E-state index contributed by atoms with van der Waals surface area (Å²) in [6, 6.07) is -4.65. The molecule has 0 spiro atoms. The van der Waals surface area contributed by atoms with Crippen molar-refractivity contribution in [1.82, 2.24) is 21.3 Å². The average Bonchev–Trinajstić information content (AvgIpc) is 2.82. The number of nitrogens with one attached hydrogen (secondary N) is 4. The summed E-state index contributed by atoms with van der Waals surface area (Å²) in [5, 5.41) is 19.3. The Labute approximate surface area is 229 Å². The van der Waals surface area contributed by atoms with Crippen molar-refractivity contribution in [3.63, 3.8) is 0 Å². The van der Waals surface area contributed by atoms with Crippen LogP contribution in [0.1, 0.15) is 80.1 Å². The van der Waals surface area contributed by atoms with Crippen LogP contribution in [0.3, 0.4) is 0 Å². The number of amides is 5. The third-order valence-corrected chi connectivity index (χ3v) is 5.79. The van der Waals surface area contributed by atoms with Gasteiger partial charge in [0.05, 0.1) is 0 Å². The SMILES string of the molecule is CC[C@H](C)[C@H](NC(=O)OC(C)(C)C)C(=O)N[C@@H](C)C(=O)N[C@@H](CCC(N)=O)C(=O)N[C@@H](CCCCN)C(=O)O. The maximum absolute atomic E-state index is 13.0. The quantitative estimate of drug-likeness (QED) is 0.118. The Morgan fingerprint density at radius 1 is 0.846 bits per heavy atom. The maximum atomic E-state index is 13.0. The first-order valence-corrected chi connectivity index (χ1v) is 13.1. The molecule has 9 N–H and O–H groups in total. The first-order valence-electron chi connectivity index (χ1n) is 13.1. The third kappa shape index (κ3) is 14.9. The van der Waals surface area contributed by atoms with Gasteiger partial charge in [-0.25, -0.2) is 9.59 Å². The summed E-state index contributed by atoms with van der Waals surface area (Å²) < 4.78 is 5.23. The van der Waals surface area contributed by atoms with Crippen molar-refractivity contribution in [2.45, 2.75) is 110 Å². The molecule has 224 valence electrons. The number of carbonyl (C=O) groups is 6. The number of carbonyl (C=O) groups excluding carboxylic acids is 5. The van der Waals surface area contributed by atoms with Crippen LogP contribution in [0.4, 0.5) is 4.79 Å². The Morgan fingerprint density at radius 2 is 1.44 bits per heavy atom. The lowest BCUT2D eigenvalue weighted by molar-refractivity contribution is -0.142. The Morgan fingerprint density at radius 3 is 1.92 bits per heavy atom. The van der Waals surface area contributed by atoms with Crippen molar-refractivity contribution >= 4 is 35.7 Å². The number of hydrogen-bond donors (Lipinski definition) is 7. The van der Waals surface area contributed by atoms with Gasteiger partial charge in [-0.1, -0.05) is 20.3 Å². The van der Waals surface area contributed by atoms with Crippen LogP contribution in [0, 0.1) is 5.92 Å². The summed E-state index contributed by atoms with van der Waals surface area (Å²) in [6.07, 6.45) is 0.479. The molecule has 0 aromatic heterocycles. The summed E-state index contributed by atoms with van der Waals surface area (Å²) in [4.78, 5) is 73.8. The molecule has 0 fully saturated rings. The third-order valence-electron chi connectivity index (χ3n) is 5.79. The molecule has 0 heterocycles. The van der Waals surface area contributed by atoms with E-state index in [4.69, 9.17) is 16.2 Å². The molecule has 14 heteroatoms. The highest BCUT2D eigenvalue weighted by Gasteiger charge is 2.32. The number of carboxylic acid groups (broad SMARTS) is 1. The highest BCUT2D eigenvalue weighted by atomic mass is 16.6. The van der Waals surface area contributed by atoms with Gasteiger partial charge < -0.3 is 42.6 Å². The van der Waals surface area contributed by atoms with Crippen molar-refractivity contribution in [3.05, 3.63) is 0 Å². The standard InChI is InChI=1S/C25H46N6O8/c1-7-14(2)19(31-24(38)39-25(4,5)6)22(35)28-15(3)20(33)29-16(11-12-18(27)32)21(34)30-17(23(36)37)10-8-9-13-26/h14-17,19H,7-13,26H2,1-6H3,(H2,27,32)(H,28,35)(H,29,33)(H,30,34)(H,31,38)(H,36,37)/t14-,15-,16-,17-,19-/m0/s1. The van der Waals surface area contributed by atoms with Gasteiger partial charge in [0.15, 0.2) is 0 Å². The Hall–Kier alpha value is -3.42. The zero-order chi connectivity index (χ0) is 30.3. The number of primary amides is 1. The van der Waals surface area contributed by atoms with Gasteiger partial charge >= 0.3 is 12.1 Å². The fraction of sp³-hybridized carbons (Fsp3) is 0.760. The Balaban J connectivity index is 5.47. The van der Waals surface area contributed by atoms with Crippen molar-refractivity contribution in [3.8, 4) is 0 Å². The summed E-state index contributed by atoms with van der Waals surface area (Å²) in [6.45, 7) is 10.4. The Bertz CT molecular complexity index is 860. The second kappa shape index (κ2) is 17.2. The first-order chi connectivity index (χ1) is 18.0. The van der Waals surface area contributed by atoms with E-state index in [0.717, 1.165) is 0 Å². The lowest BCUT2D eigenvalue weighted by atomic mass is 9.98. The molecule has 0 radical (unpaired) electrons. The highest BCUT2D eigenvalue weighted by molar-refractivity contribution is 5.94. The molecular weight excluding hydrogens is 512 g/mol.